The summed E-state index contributed by atoms with van der Waals surface area (Å²) in [7, 11) is 0. The van der Waals surface area contributed by atoms with Crippen LogP contribution in [0.4, 0.5) is 0 Å². The minimum atomic E-state index is -0.157. The lowest BCUT2D eigenvalue weighted by Crippen LogP contribution is -2.32. The molecule has 0 aliphatic carbocycles. The Morgan fingerprint density at radius 2 is 2.27 bits per heavy atom. The molecular formula is C10H18N2O2S. The Kier molecular flexibility index (Phi) is 5.11. The Hall–Kier alpha value is -0.550. The molecule has 1 atom stereocenters. The van der Waals surface area contributed by atoms with Gasteiger partial charge >= 0.3 is 0 Å². The van der Waals surface area contributed by atoms with E-state index >= 15 is 0 Å². The minimum Gasteiger partial charge on any atom is -0.330 e. The molecule has 1 fully saturated rings. The van der Waals surface area contributed by atoms with Gasteiger partial charge < -0.3 is 5.73 Å². The van der Waals surface area contributed by atoms with Gasteiger partial charge in [0.1, 0.15) is 0 Å². The smallest absolute Gasteiger partial charge is 0.242 e. The predicted octanol–water partition coefficient (Wildman–Crippen LogP) is 0.606. The van der Waals surface area contributed by atoms with Gasteiger partial charge in [-0.1, -0.05) is 6.92 Å². The van der Waals surface area contributed by atoms with E-state index in [4.69, 9.17) is 5.73 Å². The largest absolute Gasteiger partial charge is 0.330 e. The second-order valence-corrected chi connectivity index (χ2v) is 4.90. The molecule has 86 valence electrons. The van der Waals surface area contributed by atoms with Crippen LogP contribution < -0.4 is 5.73 Å². The molecule has 1 heterocycles. The number of thioether (sulfide) groups is 1. The average Bonchev–Trinajstić information content (AvgIpc) is 2.47. The Morgan fingerprint density at radius 1 is 1.53 bits per heavy atom. The monoisotopic (exact) mass is 230 g/mol. The van der Waals surface area contributed by atoms with Crippen molar-refractivity contribution < 1.29 is 9.59 Å². The van der Waals surface area contributed by atoms with E-state index in [0.717, 1.165) is 18.6 Å². The van der Waals surface area contributed by atoms with Gasteiger partial charge in [-0.25, -0.2) is 0 Å². The quantitative estimate of drug-likeness (QED) is 0.536. The summed E-state index contributed by atoms with van der Waals surface area (Å²) < 4.78 is 0. The Morgan fingerprint density at radius 3 is 2.87 bits per heavy atom. The van der Waals surface area contributed by atoms with E-state index in [1.165, 1.54) is 4.90 Å². The highest BCUT2D eigenvalue weighted by Gasteiger charge is 2.37. The number of carbonyl (C=O) groups is 2. The highest BCUT2D eigenvalue weighted by molar-refractivity contribution is 8.00. The van der Waals surface area contributed by atoms with Gasteiger partial charge in [0.15, 0.2) is 0 Å². The van der Waals surface area contributed by atoms with E-state index in [0.29, 0.717) is 19.5 Å². The van der Waals surface area contributed by atoms with E-state index in [-0.39, 0.29) is 17.1 Å². The number of amides is 2. The third-order valence-electron chi connectivity index (χ3n) is 2.32. The van der Waals surface area contributed by atoms with Gasteiger partial charge in [-0.3, -0.25) is 14.5 Å². The zero-order valence-electron chi connectivity index (χ0n) is 9.07. The SMILES string of the molecule is CCCN1C(=O)CC(SCCCN)C1=O. The standard InChI is InChI=1S/C10H18N2O2S/c1-2-5-12-9(13)7-8(10(12)14)15-6-3-4-11/h8H,2-7,11H2,1H3. The molecule has 0 bridgehead atoms. The normalized spacial score (nSPS) is 21.5. The molecule has 1 saturated heterocycles. The number of imide groups is 1. The number of nitrogens with zero attached hydrogens (tertiary/aromatic N) is 1. The van der Waals surface area contributed by atoms with Gasteiger partial charge in [0, 0.05) is 13.0 Å². The zero-order valence-corrected chi connectivity index (χ0v) is 9.89. The van der Waals surface area contributed by atoms with Crippen LogP contribution in [0.15, 0.2) is 0 Å². The van der Waals surface area contributed by atoms with Crippen molar-refractivity contribution in [3.63, 3.8) is 0 Å². The van der Waals surface area contributed by atoms with Crippen LogP contribution in [0.1, 0.15) is 26.2 Å². The van der Waals surface area contributed by atoms with Crippen molar-refractivity contribution >= 4 is 23.6 Å². The number of hydrogen-bond acceptors (Lipinski definition) is 4. The molecule has 1 rings (SSSR count). The molecule has 1 unspecified atom stereocenters. The number of nitrogens with two attached hydrogens (primary N) is 1. The molecule has 0 aromatic rings. The van der Waals surface area contributed by atoms with Crippen molar-refractivity contribution in [3.05, 3.63) is 0 Å². The van der Waals surface area contributed by atoms with Crippen LogP contribution in [-0.2, 0) is 9.59 Å². The Labute approximate surface area is 94.6 Å². The van der Waals surface area contributed by atoms with E-state index in [1.807, 2.05) is 6.92 Å². The van der Waals surface area contributed by atoms with Gasteiger partial charge in [0.2, 0.25) is 11.8 Å². The maximum absolute atomic E-state index is 11.8. The van der Waals surface area contributed by atoms with Gasteiger partial charge in [-0.15, -0.1) is 11.8 Å². The molecule has 15 heavy (non-hydrogen) atoms. The molecule has 1 aliphatic heterocycles. The van der Waals surface area contributed by atoms with Crippen LogP contribution in [0.3, 0.4) is 0 Å². The number of likely N-dealkylation sites (tertiary alicyclic amines) is 1. The maximum atomic E-state index is 11.8. The Balaban J connectivity index is 2.42. The highest BCUT2D eigenvalue weighted by atomic mass is 32.2. The summed E-state index contributed by atoms with van der Waals surface area (Å²) in [5.41, 5.74) is 5.37. The summed E-state index contributed by atoms with van der Waals surface area (Å²) >= 11 is 1.56. The third kappa shape index (κ3) is 3.21. The molecule has 0 saturated carbocycles. The molecule has 5 heteroatoms. The van der Waals surface area contributed by atoms with Crippen LogP contribution >= 0.6 is 11.8 Å². The fourth-order valence-electron chi connectivity index (χ4n) is 1.55. The first-order valence-electron chi connectivity index (χ1n) is 5.36. The van der Waals surface area contributed by atoms with Crippen LogP contribution in [0, 0.1) is 0 Å². The zero-order chi connectivity index (χ0) is 11.3. The lowest BCUT2D eigenvalue weighted by molar-refractivity contribution is -0.138. The van der Waals surface area contributed by atoms with Crippen molar-refractivity contribution in [2.24, 2.45) is 5.73 Å². The highest BCUT2D eigenvalue weighted by Crippen LogP contribution is 2.25. The van der Waals surface area contributed by atoms with Gasteiger partial charge in [-0.05, 0) is 25.1 Å². The van der Waals surface area contributed by atoms with E-state index < -0.39 is 0 Å². The summed E-state index contributed by atoms with van der Waals surface area (Å²) in [6.45, 7) is 3.17. The Bertz CT molecular complexity index is 246. The molecule has 0 radical (unpaired) electrons. The van der Waals surface area contributed by atoms with Crippen LogP contribution in [0.25, 0.3) is 0 Å². The summed E-state index contributed by atoms with van der Waals surface area (Å²) in [6, 6.07) is 0. The summed E-state index contributed by atoms with van der Waals surface area (Å²) in [5, 5.41) is -0.157. The van der Waals surface area contributed by atoms with Crippen LogP contribution in [-0.4, -0.2) is 40.8 Å². The van der Waals surface area contributed by atoms with Crippen molar-refractivity contribution in [2.45, 2.75) is 31.4 Å². The summed E-state index contributed by atoms with van der Waals surface area (Å²) in [6.07, 6.45) is 2.10. The van der Waals surface area contributed by atoms with Crippen molar-refractivity contribution in [1.29, 1.82) is 0 Å². The van der Waals surface area contributed by atoms with E-state index in [2.05, 4.69) is 0 Å². The molecule has 4 nitrogen and oxygen atoms in total. The van der Waals surface area contributed by atoms with Gasteiger partial charge in [-0.2, -0.15) is 0 Å². The average molecular weight is 230 g/mol. The summed E-state index contributed by atoms with van der Waals surface area (Å²) in [5.74, 6) is 0.830. The maximum Gasteiger partial charge on any atom is 0.242 e. The first kappa shape index (κ1) is 12.5. The summed E-state index contributed by atoms with van der Waals surface area (Å²) in [4.78, 5) is 24.6. The fraction of sp³-hybridized carbons (Fsp3) is 0.800. The van der Waals surface area contributed by atoms with E-state index in [9.17, 15) is 9.59 Å². The predicted molar refractivity (Wildman–Crippen MR) is 61.5 cm³/mol. The lowest BCUT2D eigenvalue weighted by Gasteiger charge is -2.13. The van der Waals surface area contributed by atoms with E-state index in [1.54, 1.807) is 11.8 Å². The first-order chi connectivity index (χ1) is 7.20. The second kappa shape index (κ2) is 6.12. The number of rotatable bonds is 6. The fourth-order valence-corrected chi connectivity index (χ4v) is 2.70. The van der Waals surface area contributed by atoms with Gasteiger partial charge in [0.05, 0.1) is 5.25 Å². The molecular weight excluding hydrogens is 212 g/mol. The molecule has 1 aliphatic rings. The van der Waals surface area contributed by atoms with Crippen molar-refractivity contribution in [3.8, 4) is 0 Å². The minimum absolute atomic E-state index is 0.0103. The third-order valence-corrected chi connectivity index (χ3v) is 3.61. The first-order valence-corrected chi connectivity index (χ1v) is 6.41. The van der Waals surface area contributed by atoms with Crippen LogP contribution in [0.5, 0.6) is 0 Å². The molecule has 2 N–H and O–H groups in total. The molecule has 0 aromatic carbocycles. The second-order valence-electron chi connectivity index (χ2n) is 3.59. The number of hydrogen-bond donors (Lipinski definition) is 1. The topological polar surface area (TPSA) is 63.4 Å². The van der Waals surface area contributed by atoms with Crippen molar-refractivity contribution in [2.75, 3.05) is 18.8 Å². The molecule has 0 spiro atoms. The number of carbonyl (C=O) groups excluding carboxylic acids is 2. The lowest BCUT2D eigenvalue weighted by atomic mass is 10.4. The van der Waals surface area contributed by atoms with Crippen LogP contribution in [0.2, 0.25) is 0 Å². The van der Waals surface area contributed by atoms with Crippen molar-refractivity contribution in [1.82, 2.24) is 4.90 Å². The molecule has 0 aromatic heterocycles. The van der Waals surface area contributed by atoms with Gasteiger partial charge in [0.25, 0.3) is 0 Å². The molecule has 2 amide bonds.